The van der Waals surface area contributed by atoms with Crippen molar-refractivity contribution >= 4 is 5.97 Å². The van der Waals surface area contributed by atoms with Crippen molar-refractivity contribution in [2.75, 3.05) is 0 Å². The molecule has 0 saturated heterocycles. The Kier molecular flexibility index (Phi) is 6.39. The Morgan fingerprint density at radius 3 is 2.70 bits per heavy atom. The number of halogens is 3. The first-order valence-electron chi connectivity index (χ1n) is 9.21. The number of carbonyl (C=O) groups excluding carboxylic acids is 1. The van der Waals surface area contributed by atoms with Crippen molar-refractivity contribution in [2.24, 2.45) is 5.92 Å². The van der Waals surface area contributed by atoms with E-state index in [1.165, 1.54) is 30.6 Å². The lowest BCUT2D eigenvalue weighted by Crippen LogP contribution is -2.25. The highest BCUT2D eigenvalue weighted by atomic mass is 19.4. The van der Waals surface area contributed by atoms with Gasteiger partial charge in [0.2, 0.25) is 0 Å². The summed E-state index contributed by atoms with van der Waals surface area (Å²) >= 11 is 0. The SMILES string of the molecule is Cc1cn[nH]c1CC(Cc1c[nH]ccc1=O)C(=O)OCc1cccc(C(F)(F)F)c1. The number of pyridine rings is 1. The van der Waals surface area contributed by atoms with E-state index in [1.807, 2.05) is 6.92 Å². The number of ether oxygens (including phenoxy) is 1. The van der Waals surface area contributed by atoms with Crippen LogP contribution < -0.4 is 5.43 Å². The van der Waals surface area contributed by atoms with E-state index in [0.717, 1.165) is 23.4 Å². The number of esters is 1. The first-order chi connectivity index (χ1) is 14.2. The van der Waals surface area contributed by atoms with Crippen LogP contribution in [0.1, 0.15) is 27.9 Å². The van der Waals surface area contributed by atoms with Crippen molar-refractivity contribution in [1.29, 1.82) is 0 Å². The second kappa shape index (κ2) is 8.98. The number of aryl methyl sites for hydroxylation is 1. The van der Waals surface area contributed by atoms with Crippen molar-refractivity contribution in [1.82, 2.24) is 15.2 Å². The van der Waals surface area contributed by atoms with Gasteiger partial charge in [0.25, 0.3) is 0 Å². The molecule has 1 unspecified atom stereocenters. The van der Waals surface area contributed by atoms with E-state index in [0.29, 0.717) is 5.56 Å². The molecule has 0 aliphatic rings. The molecular weight excluding hydrogens is 399 g/mol. The van der Waals surface area contributed by atoms with E-state index < -0.39 is 23.6 Å². The standard InChI is InChI=1S/C21H20F3N3O3/c1-13-10-26-27-18(13)9-15(8-16-11-25-6-5-19(16)28)20(29)30-12-14-3-2-4-17(7-14)21(22,23)24/h2-7,10-11,15H,8-9,12H2,1H3,(H,25,28)(H,26,27). The zero-order valence-electron chi connectivity index (χ0n) is 16.1. The van der Waals surface area contributed by atoms with Gasteiger partial charge in [-0.05, 0) is 36.6 Å². The summed E-state index contributed by atoms with van der Waals surface area (Å²) in [6.07, 6.45) is 0.531. The number of aromatic nitrogens is 3. The summed E-state index contributed by atoms with van der Waals surface area (Å²) in [5, 5.41) is 6.75. The van der Waals surface area contributed by atoms with Gasteiger partial charge in [-0.25, -0.2) is 0 Å². The maximum Gasteiger partial charge on any atom is 0.416 e. The number of alkyl halides is 3. The highest BCUT2D eigenvalue weighted by molar-refractivity contribution is 5.73. The molecule has 2 N–H and O–H groups in total. The molecule has 0 amide bonds. The molecule has 1 aromatic carbocycles. The van der Waals surface area contributed by atoms with Crippen LogP contribution in [0, 0.1) is 12.8 Å². The molecule has 0 spiro atoms. The van der Waals surface area contributed by atoms with Crippen LogP contribution >= 0.6 is 0 Å². The Morgan fingerprint density at radius 2 is 2.03 bits per heavy atom. The number of hydrogen-bond acceptors (Lipinski definition) is 4. The quantitative estimate of drug-likeness (QED) is 0.573. The Morgan fingerprint density at radius 1 is 1.23 bits per heavy atom. The van der Waals surface area contributed by atoms with Crippen LogP contribution in [0.3, 0.4) is 0 Å². The third-order valence-corrected chi connectivity index (χ3v) is 4.72. The van der Waals surface area contributed by atoms with E-state index >= 15 is 0 Å². The van der Waals surface area contributed by atoms with Crippen LogP contribution in [-0.4, -0.2) is 21.2 Å². The summed E-state index contributed by atoms with van der Waals surface area (Å²) in [6, 6.07) is 5.99. The van der Waals surface area contributed by atoms with E-state index in [1.54, 1.807) is 6.20 Å². The number of benzene rings is 1. The largest absolute Gasteiger partial charge is 0.461 e. The molecule has 158 valence electrons. The minimum absolute atomic E-state index is 0.121. The van der Waals surface area contributed by atoms with Gasteiger partial charge < -0.3 is 9.72 Å². The molecule has 2 aromatic heterocycles. The number of rotatable bonds is 7. The van der Waals surface area contributed by atoms with Gasteiger partial charge in [-0.1, -0.05) is 12.1 Å². The van der Waals surface area contributed by atoms with E-state index in [4.69, 9.17) is 4.74 Å². The summed E-state index contributed by atoms with van der Waals surface area (Å²) in [5.41, 5.74) is 1.20. The molecule has 0 radical (unpaired) electrons. The molecule has 6 nitrogen and oxygen atoms in total. The third kappa shape index (κ3) is 5.37. The summed E-state index contributed by atoms with van der Waals surface area (Å²) in [7, 11) is 0. The summed E-state index contributed by atoms with van der Waals surface area (Å²) < 4.78 is 43.9. The number of H-pyrrole nitrogens is 2. The maximum absolute atomic E-state index is 12.9. The Bertz CT molecular complexity index is 1070. The van der Waals surface area contributed by atoms with E-state index in [-0.39, 0.29) is 30.4 Å². The second-order valence-electron chi connectivity index (χ2n) is 6.98. The normalized spacial score (nSPS) is 12.5. The van der Waals surface area contributed by atoms with Gasteiger partial charge in [0.1, 0.15) is 6.61 Å². The lowest BCUT2D eigenvalue weighted by Gasteiger charge is -2.16. The molecule has 0 aliphatic heterocycles. The van der Waals surface area contributed by atoms with Crippen molar-refractivity contribution in [3.8, 4) is 0 Å². The summed E-state index contributed by atoms with van der Waals surface area (Å²) in [4.78, 5) is 27.6. The summed E-state index contributed by atoms with van der Waals surface area (Å²) in [6.45, 7) is 1.53. The van der Waals surface area contributed by atoms with Crippen LogP contribution in [0.15, 0.2) is 53.7 Å². The lowest BCUT2D eigenvalue weighted by atomic mass is 9.94. The van der Waals surface area contributed by atoms with Crippen molar-refractivity contribution in [3.05, 3.63) is 87.1 Å². The topological polar surface area (TPSA) is 87.8 Å². The molecule has 3 rings (SSSR count). The highest BCUT2D eigenvalue weighted by Gasteiger charge is 2.30. The van der Waals surface area contributed by atoms with Crippen molar-refractivity contribution < 1.29 is 22.7 Å². The van der Waals surface area contributed by atoms with Crippen LogP contribution in [0.4, 0.5) is 13.2 Å². The van der Waals surface area contributed by atoms with Crippen molar-refractivity contribution in [2.45, 2.75) is 32.5 Å². The molecule has 0 saturated carbocycles. The first kappa shape index (κ1) is 21.4. The van der Waals surface area contributed by atoms with Crippen LogP contribution in [-0.2, 0) is 35.2 Å². The Balaban J connectivity index is 1.75. The number of hydrogen-bond donors (Lipinski definition) is 2. The molecule has 0 aliphatic carbocycles. The predicted molar refractivity (Wildman–Crippen MR) is 103 cm³/mol. The fraction of sp³-hybridized carbons (Fsp3) is 0.286. The number of nitrogens with zero attached hydrogens (tertiary/aromatic N) is 1. The minimum Gasteiger partial charge on any atom is -0.461 e. The number of nitrogens with one attached hydrogen (secondary N) is 2. The molecular formula is C21H20F3N3O3. The average Bonchev–Trinajstić information content (AvgIpc) is 3.11. The monoisotopic (exact) mass is 419 g/mol. The smallest absolute Gasteiger partial charge is 0.416 e. The molecule has 0 bridgehead atoms. The van der Waals surface area contributed by atoms with Crippen molar-refractivity contribution in [3.63, 3.8) is 0 Å². The molecule has 30 heavy (non-hydrogen) atoms. The Hall–Kier alpha value is -3.36. The van der Waals surface area contributed by atoms with Gasteiger partial charge in [0.05, 0.1) is 17.7 Å². The third-order valence-electron chi connectivity index (χ3n) is 4.72. The maximum atomic E-state index is 12.9. The zero-order chi connectivity index (χ0) is 21.7. The fourth-order valence-electron chi connectivity index (χ4n) is 3.05. The Labute approximate surface area is 170 Å². The van der Waals surface area contributed by atoms with Crippen LogP contribution in [0.25, 0.3) is 0 Å². The molecule has 1 atom stereocenters. The number of aromatic amines is 2. The van der Waals surface area contributed by atoms with Gasteiger partial charge in [-0.2, -0.15) is 18.3 Å². The first-order valence-corrected chi connectivity index (χ1v) is 9.21. The van der Waals surface area contributed by atoms with Crippen LogP contribution in [0.5, 0.6) is 0 Å². The molecule has 0 fully saturated rings. The molecule has 2 heterocycles. The number of carbonyl (C=O) groups is 1. The van der Waals surface area contributed by atoms with Crippen LogP contribution in [0.2, 0.25) is 0 Å². The highest BCUT2D eigenvalue weighted by Crippen LogP contribution is 2.29. The summed E-state index contributed by atoms with van der Waals surface area (Å²) in [5.74, 6) is -1.32. The van der Waals surface area contributed by atoms with Gasteiger partial charge in [-0.15, -0.1) is 0 Å². The lowest BCUT2D eigenvalue weighted by molar-refractivity contribution is -0.149. The second-order valence-corrected chi connectivity index (χ2v) is 6.98. The molecule has 3 aromatic rings. The van der Waals surface area contributed by atoms with Gasteiger partial charge in [0.15, 0.2) is 5.43 Å². The fourth-order valence-corrected chi connectivity index (χ4v) is 3.05. The van der Waals surface area contributed by atoms with Gasteiger partial charge >= 0.3 is 12.1 Å². The average molecular weight is 419 g/mol. The molecule has 9 heteroatoms. The minimum atomic E-state index is -4.48. The zero-order valence-corrected chi connectivity index (χ0v) is 16.1. The van der Waals surface area contributed by atoms with E-state index in [9.17, 15) is 22.8 Å². The van der Waals surface area contributed by atoms with Gasteiger partial charge in [0, 0.05) is 36.1 Å². The van der Waals surface area contributed by atoms with E-state index in [2.05, 4.69) is 15.2 Å². The predicted octanol–water partition coefficient (Wildman–Crippen LogP) is 3.57. The van der Waals surface area contributed by atoms with Gasteiger partial charge in [-0.3, -0.25) is 14.7 Å².